The first kappa shape index (κ1) is 5.03. The molecule has 1 heterocycles. The predicted octanol–water partition coefficient (Wildman–Crippen LogP) is -1.06. The van der Waals surface area contributed by atoms with E-state index in [1.54, 1.807) is 0 Å². The van der Waals surface area contributed by atoms with Gasteiger partial charge < -0.3 is 5.32 Å². The third-order valence-corrected chi connectivity index (χ3v) is 1.00. The van der Waals surface area contributed by atoms with Crippen LogP contribution in [0, 0.1) is 0 Å². The van der Waals surface area contributed by atoms with Crippen molar-refractivity contribution in [1.29, 1.82) is 0 Å². The molecule has 2 N–H and O–H groups in total. The average molecular weight is 101 g/mol. The van der Waals surface area contributed by atoms with E-state index < -0.39 is 6.23 Å². The molecule has 0 bridgehead atoms. The van der Waals surface area contributed by atoms with Gasteiger partial charge >= 0.3 is 0 Å². The largest absolute Gasteiger partial charge is 0.311 e. The minimum Gasteiger partial charge on any atom is -0.311 e. The van der Waals surface area contributed by atoms with Crippen molar-refractivity contribution in [1.82, 2.24) is 10.6 Å². The standard InChI is InChI=1S/C4H9N2O/c7-4-3-5-1-2-6-4/h4-6H,1-3H2. The van der Waals surface area contributed by atoms with E-state index in [9.17, 15) is 5.11 Å². The summed E-state index contributed by atoms with van der Waals surface area (Å²) in [6, 6.07) is 0. The minimum atomic E-state index is -0.575. The number of hydrogen-bond acceptors (Lipinski definition) is 2. The predicted molar refractivity (Wildman–Crippen MR) is 25.3 cm³/mol. The normalized spacial score (nSPS) is 33.0. The van der Waals surface area contributed by atoms with E-state index in [-0.39, 0.29) is 0 Å². The van der Waals surface area contributed by atoms with Gasteiger partial charge in [-0.3, -0.25) is 5.32 Å². The van der Waals surface area contributed by atoms with Gasteiger partial charge in [-0.15, -0.1) is 0 Å². The Balaban J connectivity index is 2.12. The zero-order valence-corrected chi connectivity index (χ0v) is 4.11. The number of nitrogens with one attached hydrogen (secondary N) is 2. The zero-order chi connectivity index (χ0) is 5.11. The van der Waals surface area contributed by atoms with Crippen LogP contribution in [0.15, 0.2) is 0 Å². The van der Waals surface area contributed by atoms with E-state index in [1.807, 2.05) is 0 Å². The van der Waals surface area contributed by atoms with Crippen molar-refractivity contribution < 1.29 is 5.11 Å². The molecule has 1 fully saturated rings. The maximum atomic E-state index is 10.4. The lowest BCUT2D eigenvalue weighted by molar-refractivity contribution is 0.0476. The van der Waals surface area contributed by atoms with Crippen LogP contribution in [0.3, 0.4) is 0 Å². The highest BCUT2D eigenvalue weighted by Crippen LogP contribution is 1.78. The summed E-state index contributed by atoms with van der Waals surface area (Å²) in [5, 5.41) is 16.1. The van der Waals surface area contributed by atoms with Gasteiger partial charge in [-0.1, -0.05) is 0 Å². The molecule has 1 atom stereocenters. The third-order valence-electron chi connectivity index (χ3n) is 1.00. The molecule has 3 heteroatoms. The van der Waals surface area contributed by atoms with E-state index in [2.05, 4.69) is 10.6 Å². The van der Waals surface area contributed by atoms with Crippen molar-refractivity contribution in [3.8, 4) is 0 Å². The second kappa shape index (κ2) is 2.26. The van der Waals surface area contributed by atoms with E-state index in [0.29, 0.717) is 6.54 Å². The Hall–Kier alpha value is -0.120. The second-order valence-corrected chi connectivity index (χ2v) is 1.65. The molecule has 1 saturated heterocycles. The van der Waals surface area contributed by atoms with Gasteiger partial charge in [0.2, 0.25) is 0 Å². The smallest absolute Gasteiger partial charge is 0.156 e. The Morgan fingerprint density at radius 1 is 1.43 bits per heavy atom. The summed E-state index contributed by atoms with van der Waals surface area (Å²) in [4.78, 5) is 0. The molecule has 0 aromatic heterocycles. The Labute approximate surface area is 42.7 Å². The number of rotatable bonds is 0. The van der Waals surface area contributed by atoms with Crippen molar-refractivity contribution in [3.05, 3.63) is 0 Å². The first-order valence-corrected chi connectivity index (χ1v) is 2.49. The van der Waals surface area contributed by atoms with Crippen LogP contribution in [-0.2, 0) is 5.11 Å². The second-order valence-electron chi connectivity index (χ2n) is 1.65. The summed E-state index contributed by atoms with van der Waals surface area (Å²) in [7, 11) is 0. The fraction of sp³-hybridized carbons (Fsp3) is 1.00. The van der Waals surface area contributed by atoms with E-state index in [1.165, 1.54) is 0 Å². The lowest BCUT2D eigenvalue weighted by Crippen LogP contribution is -2.47. The Bertz CT molecular complexity index is 51.7. The zero-order valence-electron chi connectivity index (χ0n) is 4.11. The lowest BCUT2D eigenvalue weighted by atomic mass is 10.4. The molecule has 1 aliphatic heterocycles. The third kappa shape index (κ3) is 1.43. The highest BCUT2D eigenvalue weighted by Gasteiger charge is 2.06. The van der Waals surface area contributed by atoms with Crippen LogP contribution in [0.2, 0.25) is 0 Å². The topological polar surface area (TPSA) is 44.0 Å². The quantitative estimate of drug-likeness (QED) is 0.408. The van der Waals surface area contributed by atoms with Crippen LogP contribution >= 0.6 is 0 Å². The van der Waals surface area contributed by atoms with Crippen LogP contribution in [0.5, 0.6) is 0 Å². The first-order chi connectivity index (χ1) is 3.39. The van der Waals surface area contributed by atoms with Crippen LogP contribution in [-0.4, -0.2) is 25.9 Å². The summed E-state index contributed by atoms with van der Waals surface area (Å²) >= 11 is 0. The van der Waals surface area contributed by atoms with Gasteiger partial charge in [0, 0.05) is 19.6 Å². The molecule has 1 unspecified atom stereocenters. The fourth-order valence-corrected chi connectivity index (χ4v) is 0.627. The van der Waals surface area contributed by atoms with Crippen molar-refractivity contribution >= 4 is 0 Å². The summed E-state index contributed by atoms with van der Waals surface area (Å²) in [5.41, 5.74) is 0. The molecule has 0 spiro atoms. The number of hydrogen-bond donors (Lipinski definition) is 2. The van der Waals surface area contributed by atoms with Gasteiger partial charge in [-0.05, 0) is 0 Å². The van der Waals surface area contributed by atoms with Crippen LogP contribution in [0.25, 0.3) is 0 Å². The Morgan fingerprint density at radius 3 is 2.57 bits per heavy atom. The molecule has 0 aromatic carbocycles. The maximum absolute atomic E-state index is 10.4. The van der Waals surface area contributed by atoms with E-state index in [4.69, 9.17) is 0 Å². The monoisotopic (exact) mass is 101 g/mol. The molecule has 0 saturated carbocycles. The first-order valence-electron chi connectivity index (χ1n) is 2.49. The maximum Gasteiger partial charge on any atom is 0.156 e. The molecule has 1 aliphatic rings. The van der Waals surface area contributed by atoms with Crippen molar-refractivity contribution in [3.63, 3.8) is 0 Å². The van der Waals surface area contributed by atoms with Gasteiger partial charge in [0.15, 0.2) is 6.23 Å². The van der Waals surface area contributed by atoms with Gasteiger partial charge in [0.05, 0.1) is 0 Å². The average Bonchev–Trinajstić information content (AvgIpc) is 1.69. The lowest BCUT2D eigenvalue weighted by Gasteiger charge is -2.16. The molecular weight excluding hydrogens is 92.1 g/mol. The van der Waals surface area contributed by atoms with E-state index in [0.717, 1.165) is 13.1 Å². The van der Waals surface area contributed by atoms with Gasteiger partial charge in [-0.25, -0.2) is 5.11 Å². The van der Waals surface area contributed by atoms with Crippen molar-refractivity contribution in [2.75, 3.05) is 19.6 Å². The minimum absolute atomic E-state index is 0.569. The summed E-state index contributed by atoms with van der Waals surface area (Å²) in [6.45, 7) is 2.31. The molecule has 0 amide bonds. The number of piperazine rings is 1. The highest BCUT2D eigenvalue weighted by atomic mass is 16.3. The van der Waals surface area contributed by atoms with Crippen LogP contribution in [0.4, 0.5) is 0 Å². The van der Waals surface area contributed by atoms with Gasteiger partial charge in [-0.2, -0.15) is 0 Å². The Morgan fingerprint density at radius 2 is 2.29 bits per heavy atom. The molecule has 1 rings (SSSR count). The fourth-order valence-electron chi connectivity index (χ4n) is 0.627. The van der Waals surface area contributed by atoms with Gasteiger partial charge in [0.1, 0.15) is 0 Å². The molecule has 3 nitrogen and oxygen atoms in total. The Kier molecular flexibility index (Phi) is 1.62. The molecule has 0 aromatic rings. The van der Waals surface area contributed by atoms with E-state index >= 15 is 0 Å². The van der Waals surface area contributed by atoms with Gasteiger partial charge in [0.25, 0.3) is 0 Å². The molecular formula is C4H9N2O. The molecule has 41 valence electrons. The summed E-state index contributed by atoms with van der Waals surface area (Å²) < 4.78 is 0. The van der Waals surface area contributed by atoms with Crippen LogP contribution in [0.1, 0.15) is 0 Å². The summed E-state index contributed by atoms with van der Waals surface area (Å²) in [6.07, 6.45) is -0.575. The van der Waals surface area contributed by atoms with Crippen LogP contribution < -0.4 is 10.6 Å². The highest BCUT2D eigenvalue weighted by molar-refractivity contribution is 4.64. The van der Waals surface area contributed by atoms with Crippen molar-refractivity contribution in [2.24, 2.45) is 0 Å². The molecule has 7 heavy (non-hydrogen) atoms. The van der Waals surface area contributed by atoms with Crippen molar-refractivity contribution in [2.45, 2.75) is 6.23 Å². The summed E-state index contributed by atoms with van der Waals surface area (Å²) in [5.74, 6) is 0. The molecule has 1 radical (unpaired) electrons. The molecule has 0 aliphatic carbocycles. The SMILES string of the molecule is [O]C1CNCCN1.